The van der Waals surface area contributed by atoms with Crippen LogP contribution in [0, 0.1) is 12.8 Å². The smallest absolute Gasteiger partial charge is 0.260 e. The number of nitrogens with one attached hydrogen (secondary N) is 1. The highest BCUT2D eigenvalue weighted by Gasteiger charge is 2.18. The Bertz CT molecular complexity index is 1480. The van der Waals surface area contributed by atoms with Crippen LogP contribution in [0.2, 0.25) is 5.02 Å². The quantitative estimate of drug-likeness (QED) is 0.342. The molecule has 0 amide bonds. The van der Waals surface area contributed by atoms with Crippen LogP contribution >= 0.6 is 11.6 Å². The molecule has 4 heterocycles. The van der Waals surface area contributed by atoms with Crippen LogP contribution in [0.25, 0.3) is 33.4 Å². The topological polar surface area (TPSA) is 75.9 Å². The van der Waals surface area contributed by atoms with E-state index in [2.05, 4.69) is 27.2 Å². The van der Waals surface area contributed by atoms with E-state index >= 15 is 0 Å². The number of piperidine rings is 1. The Morgan fingerprint density at radius 2 is 1.89 bits per heavy atom. The molecule has 0 saturated carbocycles. The third kappa shape index (κ3) is 5.53. The minimum absolute atomic E-state index is 0.116. The molecule has 0 bridgehead atoms. The van der Waals surface area contributed by atoms with Gasteiger partial charge in [-0.25, -0.2) is 4.98 Å². The summed E-state index contributed by atoms with van der Waals surface area (Å²) in [5.41, 5.74) is 4.44. The molecule has 0 atom stereocenters. The minimum Gasteiger partial charge on any atom is -0.354 e. The molecule has 1 N–H and O–H groups in total. The highest BCUT2D eigenvalue weighted by Crippen LogP contribution is 2.31. The number of aromatic nitrogens is 4. The van der Waals surface area contributed by atoms with Gasteiger partial charge in [0.15, 0.2) is 0 Å². The fourth-order valence-corrected chi connectivity index (χ4v) is 5.35. The molecular weight excluding hydrogens is 484 g/mol. The van der Waals surface area contributed by atoms with Crippen LogP contribution < -0.4 is 10.9 Å². The molecule has 8 heteroatoms. The zero-order valence-corrected chi connectivity index (χ0v) is 22.4. The number of pyridine rings is 2. The summed E-state index contributed by atoms with van der Waals surface area (Å²) in [6, 6.07) is 13.4. The molecule has 192 valence electrons. The van der Waals surface area contributed by atoms with Crippen molar-refractivity contribution >= 4 is 28.6 Å². The van der Waals surface area contributed by atoms with E-state index in [1.54, 1.807) is 10.8 Å². The van der Waals surface area contributed by atoms with E-state index in [0.29, 0.717) is 34.3 Å². The first kappa shape index (κ1) is 25.4. The summed E-state index contributed by atoms with van der Waals surface area (Å²) in [6.07, 6.45) is 5.36. The highest BCUT2D eigenvalue weighted by atomic mass is 35.5. The molecule has 1 aromatic carbocycles. The molecule has 0 radical (unpaired) electrons. The number of hydrogen-bond acceptors (Lipinski definition) is 6. The summed E-state index contributed by atoms with van der Waals surface area (Å²) in [7, 11) is 2.18. The highest BCUT2D eigenvalue weighted by molar-refractivity contribution is 6.33. The Hall–Kier alpha value is -3.29. The Morgan fingerprint density at radius 1 is 1.08 bits per heavy atom. The molecule has 1 fully saturated rings. The van der Waals surface area contributed by atoms with E-state index in [4.69, 9.17) is 16.6 Å². The second-order valence-corrected chi connectivity index (χ2v) is 10.3. The number of aryl methyl sites for hydroxylation is 2. The van der Waals surface area contributed by atoms with Crippen molar-refractivity contribution in [1.82, 2.24) is 24.4 Å². The zero-order chi connectivity index (χ0) is 25.9. The lowest BCUT2D eigenvalue weighted by molar-refractivity contribution is 0.215. The predicted molar refractivity (Wildman–Crippen MR) is 151 cm³/mol. The molecule has 1 aliphatic heterocycles. The van der Waals surface area contributed by atoms with Crippen LogP contribution in [0.4, 0.5) is 5.95 Å². The summed E-state index contributed by atoms with van der Waals surface area (Å²) in [5, 5.41) is 4.68. The molecule has 1 aliphatic rings. The summed E-state index contributed by atoms with van der Waals surface area (Å²) in [5.74, 6) is 1.29. The number of benzene rings is 1. The van der Waals surface area contributed by atoms with Crippen LogP contribution in [-0.4, -0.2) is 51.1 Å². The van der Waals surface area contributed by atoms with E-state index in [1.165, 1.54) is 12.8 Å². The van der Waals surface area contributed by atoms with Crippen molar-refractivity contribution in [2.24, 2.45) is 5.92 Å². The lowest BCUT2D eigenvalue weighted by atomic mass is 9.94. The van der Waals surface area contributed by atoms with Gasteiger partial charge in [0, 0.05) is 52.1 Å². The van der Waals surface area contributed by atoms with Crippen molar-refractivity contribution < 1.29 is 0 Å². The van der Waals surface area contributed by atoms with Gasteiger partial charge in [-0.1, -0.05) is 29.8 Å². The molecule has 3 aromatic heterocycles. The summed E-state index contributed by atoms with van der Waals surface area (Å²) in [6.45, 7) is 7.56. The number of halogens is 1. The fourth-order valence-electron chi connectivity index (χ4n) is 5.07. The molecule has 0 unspecified atom stereocenters. The van der Waals surface area contributed by atoms with Crippen LogP contribution in [0.5, 0.6) is 0 Å². The van der Waals surface area contributed by atoms with Crippen molar-refractivity contribution in [3.63, 3.8) is 0 Å². The average Bonchev–Trinajstić information content (AvgIpc) is 2.90. The molecule has 4 aromatic rings. The van der Waals surface area contributed by atoms with Crippen molar-refractivity contribution in [3.05, 3.63) is 69.7 Å². The first-order chi connectivity index (χ1) is 17.9. The van der Waals surface area contributed by atoms with Crippen LogP contribution in [0.1, 0.15) is 31.9 Å². The molecule has 5 rings (SSSR count). The summed E-state index contributed by atoms with van der Waals surface area (Å²) < 4.78 is 1.70. The van der Waals surface area contributed by atoms with Crippen molar-refractivity contribution in [2.45, 2.75) is 39.7 Å². The van der Waals surface area contributed by atoms with E-state index in [9.17, 15) is 4.79 Å². The lowest BCUT2D eigenvalue weighted by Crippen LogP contribution is -2.31. The van der Waals surface area contributed by atoms with Crippen LogP contribution in [-0.2, 0) is 6.54 Å². The Labute approximate surface area is 222 Å². The van der Waals surface area contributed by atoms with E-state index in [-0.39, 0.29) is 5.56 Å². The average molecular weight is 517 g/mol. The Kier molecular flexibility index (Phi) is 7.53. The predicted octanol–water partition coefficient (Wildman–Crippen LogP) is 5.65. The van der Waals surface area contributed by atoms with Gasteiger partial charge in [-0.15, -0.1) is 0 Å². The molecule has 7 nitrogen and oxygen atoms in total. The van der Waals surface area contributed by atoms with Gasteiger partial charge in [0.25, 0.3) is 5.56 Å². The SMILES string of the molecule is CCn1c(=O)c(-c2ccc(-c3cccc(C)n3)cc2Cl)cc2cnc(NCCC3CCN(C)CC3)nc21. The Balaban J connectivity index is 1.41. The number of anilines is 1. The maximum absolute atomic E-state index is 13.5. The molecule has 0 aliphatic carbocycles. The summed E-state index contributed by atoms with van der Waals surface area (Å²) in [4.78, 5) is 29.8. The molecule has 0 spiro atoms. The van der Waals surface area contributed by atoms with E-state index in [1.807, 2.05) is 56.3 Å². The first-order valence-electron chi connectivity index (χ1n) is 13.0. The number of nitrogens with zero attached hydrogens (tertiary/aromatic N) is 5. The van der Waals surface area contributed by atoms with Crippen LogP contribution in [0.3, 0.4) is 0 Å². The fraction of sp³-hybridized carbons (Fsp3) is 0.379. The third-order valence-corrected chi connectivity index (χ3v) is 7.57. The standard InChI is InChI=1S/C29H33ClN6O/c1-4-36-27-22(18-32-29(34-27)31-13-10-20-11-14-35(3)15-12-20)16-24(28(36)37)23-9-8-21(17-25(23)30)26-7-5-6-19(2)33-26/h5-9,16-18,20H,4,10-15H2,1-3H3,(H,31,32,34). The summed E-state index contributed by atoms with van der Waals surface area (Å²) >= 11 is 6.71. The monoisotopic (exact) mass is 516 g/mol. The van der Waals surface area contributed by atoms with Gasteiger partial charge in [-0.2, -0.15) is 4.98 Å². The lowest BCUT2D eigenvalue weighted by Gasteiger charge is -2.28. The van der Waals surface area contributed by atoms with Crippen LogP contribution in [0.15, 0.2) is 53.5 Å². The zero-order valence-electron chi connectivity index (χ0n) is 21.7. The first-order valence-corrected chi connectivity index (χ1v) is 13.4. The van der Waals surface area contributed by atoms with Crippen molar-refractivity contribution in [1.29, 1.82) is 0 Å². The molecule has 1 saturated heterocycles. The number of rotatable bonds is 7. The second kappa shape index (κ2) is 11.0. The molecular formula is C29H33ClN6O. The van der Waals surface area contributed by atoms with E-state index in [0.717, 1.165) is 54.3 Å². The van der Waals surface area contributed by atoms with Gasteiger partial charge in [0.1, 0.15) is 5.65 Å². The third-order valence-electron chi connectivity index (χ3n) is 7.26. The van der Waals surface area contributed by atoms with Gasteiger partial charge >= 0.3 is 0 Å². The van der Waals surface area contributed by atoms with E-state index < -0.39 is 0 Å². The maximum atomic E-state index is 13.5. The van der Waals surface area contributed by atoms with Gasteiger partial charge in [-0.3, -0.25) is 14.3 Å². The minimum atomic E-state index is -0.116. The Morgan fingerprint density at radius 3 is 2.62 bits per heavy atom. The van der Waals surface area contributed by atoms with Gasteiger partial charge in [-0.05, 0) is 83.4 Å². The number of hydrogen-bond donors (Lipinski definition) is 1. The van der Waals surface area contributed by atoms with Gasteiger partial charge in [0.2, 0.25) is 5.95 Å². The van der Waals surface area contributed by atoms with Gasteiger partial charge in [0.05, 0.1) is 5.69 Å². The number of likely N-dealkylation sites (tertiary alicyclic amines) is 1. The largest absolute Gasteiger partial charge is 0.354 e. The second-order valence-electron chi connectivity index (χ2n) is 9.90. The maximum Gasteiger partial charge on any atom is 0.260 e. The van der Waals surface area contributed by atoms with Crippen molar-refractivity contribution in [3.8, 4) is 22.4 Å². The number of fused-ring (bicyclic) bond motifs is 1. The van der Waals surface area contributed by atoms with Crippen molar-refractivity contribution in [2.75, 3.05) is 32.0 Å². The normalized spacial score (nSPS) is 14.8. The molecule has 37 heavy (non-hydrogen) atoms. The van der Waals surface area contributed by atoms with Gasteiger partial charge < -0.3 is 10.2 Å².